The summed E-state index contributed by atoms with van der Waals surface area (Å²) in [5.74, 6) is -0.415. The molecule has 0 radical (unpaired) electrons. The van der Waals surface area contributed by atoms with Crippen molar-refractivity contribution in [3.05, 3.63) is 70.9 Å². The minimum absolute atomic E-state index is 0.334. The van der Waals surface area contributed by atoms with Gasteiger partial charge < -0.3 is 10.4 Å². The molecule has 0 bridgehead atoms. The van der Waals surface area contributed by atoms with Gasteiger partial charge in [0.15, 0.2) is 5.65 Å². The maximum Gasteiger partial charge on any atom is 0.416 e. The highest BCUT2D eigenvalue weighted by Crippen LogP contribution is 2.37. The molecule has 0 fully saturated rings. The molecule has 0 saturated carbocycles. The van der Waals surface area contributed by atoms with E-state index in [0.29, 0.717) is 37.6 Å². The third-order valence-electron chi connectivity index (χ3n) is 5.29. The highest BCUT2D eigenvalue weighted by Gasteiger charge is 2.30. The Bertz CT molecular complexity index is 1490. The van der Waals surface area contributed by atoms with Crippen molar-refractivity contribution in [3.8, 4) is 5.69 Å². The van der Waals surface area contributed by atoms with Crippen LogP contribution in [0.4, 0.5) is 13.2 Å². The van der Waals surface area contributed by atoms with E-state index in [-0.39, 0.29) is 6.61 Å². The van der Waals surface area contributed by atoms with E-state index in [4.69, 9.17) is 0 Å². The molecule has 0 aliphatic carbocycles. The lowest BCUT2D eigenvalue weighted by Crippen LogP contribution is -2.30. The van der Waals surface area contributed by atoms with E-state index >= 15 is 0 Å². The number of thiophene rings is 1. The zero-order valence-electron chi connectivity index (χ0n) is 17.6. The molecule has 0 unspecified atom stereocenters. The van der Waals surface area contributed by atoms with Gasteiger partial charge in [-0.2, -0.15) is 23.1 Å². The number of hydrogen-bond donors (Lipinski definition) is 2. The molecule has 0 saturated heterocycles. The van der Waals surface area contributed by atoms with Gasteiger partial charge in [-0.3, -0.25) is 14.3 Å². The Hall–Kier alpha value is -3.77. The first kappa shape index (κ1) is 22.0. The van der Waals surface area contributed by atoms with Gasteiger partial charge in [0, 0.05) is 24.3 Å². The average Bonchev–Trinajstić information content (AvgIpc) is 3.48. The third kappa shape index (κ3) is 3.80. The molecule has 1 atom stereocenters. The van der Waals surface area contributed by atoms with Crippen LogP contribution in [0.2, 0.25) is 0 Å². The molecule has 5 rings (SSSR count). The van der Waals surface area contributed by atoms with Crippen LogP contribution in [0.5, 0.6) is 0 Å². The number of hydrogen-bond acceptors (Lipinski definition) is 6. The first-order chi connectivity index (χ1) is 16.3. The number of benzene rings is 1. The quantitative estimate of drug-likeness (QED) is 0.393. The fourth-order valence-electron chi connectivity index (χ4n) is 3.71. The van der Waals surface area contributed by atoms with Crippen LogP contribution in [0.15, 0.2) is 54.7 Å². The molecule has 4 heterocycles. The van der Waals surface area contributed by atoms with Gasteiger partial charge in [-0.15, -0.1) is 16.4 Å². The summed E-state index contributed by atoms with van der Waals surface area (Å²) in [6.07, 6.45) is -2.88. The van der Waals surface area contributed by atoms with Crippen molar-refractivity contribution in [2.75, 3.05) is 6.61 Å². The number of alkyl halides is 3. The number of halogens is 3. The van der Waals surface area contributed by atoms with Crippen LogP contribution >= 0.6 is 11.3 Å². The number of pyridine rings is 1. The number of fused-ring (bicyclic) bond motifs is 3. The second kappa shape index (κ2) is 8.22. The maximum absolute atomic E-state index is 13.0. The molecule has 12 heteroatoms. The molecular formula is C22H17F3N6O2S. The first-order valence-corrected chi connectivity index (χ1v) is 10.9. The predicted octanol–water partition coefficient (Wildman–Crippen LogP) is 3.85. The van der Waals surface area contributed by atoms with Gasteiger partial charge in [-0.05, 0) is 42.5 Å². The number of rotatable bonds is 5. The summed E-state index contributed by atoms with van der Waals surface area (Å²) in [5.41, 5.74) is 1.22. The molecule has 1 amide bonds. The van der Waals surface area contributed by atoms with Gasteiger partial charge in [0.2, 0.25) is 0 Å². The minimum Gasteiger partial charge on any atom is -0.394 e. The van der Waals surface area contributed by atoms with Crippen molar-refractivity contribution in [1.29, 1.82) is 0 Å². The number of nitrogens with one attached hydrogen (secondary N) is 1. The lowest BCUT2D eigenvalue weighted by molar-refractivity contribution is -0.137. The van der Waals surface area contributed by atoms with Gasteiger partial charge in [0.05, 0.1) is 28.8 Å². The summed E-state index contributed by atoms with van der Waals surface area (Å²) < 4.78 is 40.7. The number of nitrogens with zero attached hydrogens (tertiary/aromatic N) is 5. The summed E-state index contributed by atoms with van der Waals surface area (Å²) in [5, 5.41) is 21.9. The lowest BCUT2D eigenvalue weighted by Gasteiger charge is -2.14. The fourth-order valence-corrected chi connectivity index (χ4v) is 4.80. The topological polar surface area (TPSA) is 97.9 Å². The number of carbonyl (C=O) groups is 1. The molecule has 5 aromatic rings. The number of amides is 1. The van der Waals surface area contributed by atoms with Crippen LogP contribution in [0, 0.1) is 0 Å². The average molecular weight is 486 g/mol. The van der Waals surface area contributed by atoms with E-state index < -0.39 is 23.7 Å². The van der Waals surface area contributed by atoms with Crippen molar-refractivity contribution in [2.24, 2.45) is 7.05 Å². The van der Waals surface area contributed by atoms with Crippen molar-refractivity contribution in [2.45, 2.75) is 12.2 Å². The van der Waals surface area contributed by atoms with E-state index in [0.717, 1.165) is 23.5 Å². The fraction of sp³-hybridized carbons (Fsp3) is 0.182. The summed E-state index contributed by atoms with van der Waals surface area (Å²) in [4.78, 5) is 19.5. The van der Waals surface area contributed by atoms with Crippen molar-refractivity contribution < 1.29 is 23.1 Å². The van der Waals surface area contributed by atoms with E-state index in [1.807, 2.05) is 0 Å². The van der Waals surface area contributed by atoms with Gasteiger partial charge in [0.1, 0.15) is 10.3 Å². The number of aryl methyl sites for hydroxylation is 1. The number of aliphatic hydroxyl groups excluding tert-OH is 1. The number of aromatic nitrogens is 5. The molecule has 174 valence electrons. The van der Waals surface area contributed by atoms with Gasteiger partial charge in [-0.1, -0.05) is 6.07 Å². The first-order valence-electron chi connectivity index (χ1n) is 10.1. The van der Waals surface area contributed by atoms with Crippen molar-refractivity contribution >= 4 is 38.6 Å². The Morgan fingerprint density at radius 1 is 1.18 bits per heavy atom. The summed E-state index contributed by atoms with van der Waals surface area (Å²) in [6.45, 7) is -0.334. The summed E-state index contributed by atoms with van der Waals surface area (Å²) in [7, 11) is 1.64. The van der Waals surface area contributed by atoms with Crippen LogP contribution in [-0.4, -0.2) is 42.2 Å². The standard InChI is InChI=1S/C22H17F3N6O2S/c1-30-28-18-14-10-17(20(33)27-16(11-32)15-4-2-3-9-26-15)34-21(14)31(19(18)29-30)13-7-5-12(6-8-13)22(23,24)25/h2-10,16,32H,11H2,1H3,(H,27,33)/t16-/m0/s1. The molecular weight excluding hydrogens is 469 g/mol. The van der Waals surface area contributed by atoms with Crippen LogP contribution < -0.4 is 5.32 Å². The van der Waals surface area contributed by atoms with Crippen molar-refractivity contribution in [3.63, 3.8) is 0 Å². The summed E-state index contributed by atoms with van der Waals surface area (Å²) in [6, 6.07) is 10.9. The van der Waals surface area contributed by atoms with Crippen LogP contribution in [-0.2, 0) is 13.2 Å². The highest BCUT2D eigenvalue weighted by molar-refractivity contribution is 7.20. The Morgan fingerprint density at radius 3 is 2.59 bits per heavy atom. The molecule has 0 aliphatic rings. The molecule has 8 nitrogen and oxygen atoms in total. The SMILES string of the molecule is Cn1nc2c3cc(C(=O)N[C@@H](CO)c4ccccn4)sc3n(-c3ccc(C(F)(F)F)cc3)c2n1. The molecule has 2 N–H and O–H groups in total. The van der Waals surface area contributed by atoms with E-state index in [2.05, 4.69) is 20.5 Å². The molecule has 0 spiro atoms. The Morgan fingerprint density at radius 2 is 1.94 bits per heavy atom. The summed E-state index contributed by atoms with van der Waals surface area (Å²) >= 11 is 1.16. The molecule has 4 aromatic heterocycles. The smallest absolute Gasteiger partial charge is 0.394 e. The van der Waals surface area contributed by atoms with E-state index in [1.54, 1.807) is 42.1 Å². The Kier molecular flexibility index (Phi) is 5.33. The zero-order valence-corrected chi connectivity index (χ0v) is 18.4. The zero-order chi connectivity index (χ0) is 24.0. The Labute approximate surface area is 194 Å². The maximum atomic E-state index is 13.0. The predicted molar refractivity (Wildman–Crippen MR) is 120 cm³/mol. The van der Waals surface area contributed by atoms with Crippen LogP contribution in [0.25, 0.3) is 27.1 Å². The third-order valence-corrected chi connectivity index (χ3v) is 6.41. The second-order valence-electron chi connectivity index (χ2n) is 7.53. The van der Waals surface area contributed by atoms with Gasteiger partial charge in [0.25, 0.3) is 5.91 Å². The second-order valence-corrected chi connectivity index (χ2v) is 8.57. The highest BCUT2D eigenvalue weighted by atomic mass is 32.1. The van der Waals surface area contributed by atoms with Crippen LogP contribution in [0.3, 0.4) is 0 Å². The Balaban J connectivity index is 1.56. The molecule has 1 aromatic carbocycles. The molecule has 34 heavy (non-hydrogen) atoms. The number of aliphatic hydroxyl groups is 1. The molecule has 0 aliphatic heterocycles. The van der Waals surface area contributed by atoms with Gasteiger partial charge in [-0.25, -0.2) is 0 Å². The van der Waals surface area contributed by atoms with E-state index in [1.165, 1.54) is 16.9 Å². The normalized spacial score (nSPS) is 13.0. The van der Waals surface area contributed by atoms with E-state index in [9.17, 15) is 23.1 Å². The lowest BCUT2D eigenvalue weighted by atomic mass is 10.2. The van der Waals surface area contributed by atoms with Crippen molar-refractivity contribution in [1.82, 2.24) is 29.9 Å². The number of carbonyl (C=O) groups excluding carboxylic acids is 1. The largest absolute Gasteiger partial charge is 0.416 e. The van der Waals surface area contributed by atoms with Crippen LogP contribution in [0.1, 0.15) is 27.0 Å². The monoisotopic (exact) mass is 486 g/mol. The van der Waals surface area contributed by atoms with Gasteiger partial charge >= 0.3 is 6.18 Å². The minimum atomic E-state index is -4.45.